The van der Waals surface area contributed by atoms with E-state index >= 15 is 0 Å². The molecular formula is C27H30F3N3O5S. The molecule has 2 heterocycles. The molecule has 210 valence electrons. The Hall–Kier alpha value is -2.48. The van der Waals surface area contributed by atoms with Crippen LogP contribution in [0.2, 0.25) is 0 Å². The van der Waals surface area contributed by atoms with Gasteiger partial charge in [-0.15, -0.1) is 16.9 Å². The lowest BCUT2D eigenvalue weighted by molar-refractivity contribution is -0.179. The smallest absolute Gasteiger partial charge is 0.194 e. The second kappa shape index (κ2) is 10.8. The molecule has 0 unspecified atom stereocenters. The molecule has 1 aliphatic carbocycles. The number of aliphatic hydroxyl groups excluding tert-OH is 3. The minimum atomic E-state index is -1.61. The van der Waals surface area contributed by atoms with Gasteiger partial charge in [-0.05, 0) is 48.9 Å². The van der Waals surface area contributed by atoms with Gasteiger partial charge in [0.2, 0.25) is 0 Å². The molecule has 12 heteroatoms. The molecule has 8 nitrogen and oxygen atoms in total. The number of aliphatic hydroxyl groups is 4. The molecule has 1 aromatic heterocycles. The van der Waals surface area contributed by atoms with Crippen molar-refractivity contribution in [3.05, 3.63) is 71.2 Å². The highest BCUT2D eigenvalue weighted by Gasteiger charge is 2.52. The van der Waals surface area contributed by atoms with E-state index in [-0.39, 0.29) is 11.3 Å². The van der Waals surface area contributed by atoms with Crippen LogP contribution in [-0.4, -0.2) is 71.4 Å². The number of halogens is 3. The number of aryl methyl sites for hydroxylation is 1. The van der Waals surface area contributed by atoms with Crippen LogP contribution in [0.15, 0.2) is 42.6 Å². The van der Waals surface area contributed by atoms with Crippen molar-refractivity contribution in [1.82, 2.24) is 15.0 Å². The summed E-state index contributed by atoms with van der Waals surface area (Å²) in [7, 11) is 0. The number of benzene rings is 2. The zero-order chi connectivity index (χ0) is 28.1. The standard InChI is InChI=1S/C27H30F3N3O5S/c1-13-9-27(37,10-13)25(16-6-4-3-5-14(16)2)39-26-24(36)22(23(35)20(12-34)38-26)33-11-19(31-32-33)15-7-17(28)21(30)18(29)8-15/h3-8,11,13,20,22-26,34-37H,9-10,12H2,1-2H3/t13?,20-,22+,23+,24-,25+,26+,27?/m1/s1. The van der Waals surface area contributed by atoms with Gasteiger partial charge in [-0.2, -0.15) is 0 Å². The van der Waals surface area contributed by atoms with Crippen molar-refractivity contribution >= 4 is 11.8 Å². The summed E-state index contributed by atoms with van der Waals surface area (Å²) >= 11 is 1.21. The third kappa shape index (κ3) is 5.21. The molecule has 0 radical (unpaired) electrons. The number of hydrogen-bond acceptors (Lipinski definition) is 8. The van der Waals surface area contributed by atoms with Crippen molar-refractivity contribution in [3.63, 3.8) is 0 Å². The van der Waals surface area contributed by atoms with Crippen LogP contribution in [0.1, 0.15) is 42.2 Å². The van der Waals surface area contributed by atoms with Gasteiger partial charge in [0.25, 0.3) is 0 Å². The van der Waals surface area contributed by atoms with Crippen LogP contribution >= 0.6 is 11.8 Å². The van der Waals surface area contributed by atoms with Crippen LogP contribution < -0.4 is 0 Å². The normalized spacial score (nSPS) is 31.6. The van der Waals surface area contributed by atoms with E-state index < -0.39 is 64.7 Å². The number of aromatic nitrogens is 3. The third-order valence-corrected chi connectivity index (χ3v) is 9.20. The van der Waals surface area contributed by atoms with Crippen LogP contribution in [-0.2, 0) is 4.74 Å². The summed E-state index contributed by atoms with van der Waals surface area (Å²) in [5.74, 6) is -4.08. The first-order valence-electron chi connectivity index (χ1n) is 12.6. The molecule has 6 atom stereocenters. The SMILES string of the molecule is Cc1ccccc1[C@H](S[C@@H]1O[C@H](CO)[C@H](O)[C@H](n2cc(-c3cc(F)c(F)c(F)c3)nn2)[C@H]1O)C1(O)CC(C)C1. The second-order valence-corrected chi connectivity index (χ2v) is 11.7. The van der Waals surface area contributed by atoms with Crippen LogP contribution in [0.25, 0.3) is 11.3 Å². The lowest BCUT2D eigenvalue weighted by Crippen LogP contribution is -2.56. The summed E-state index contributed by atoms with van der Waals surface area (Å²) in [6.07, 6.45) is -1.50. The van der Waals surface area contributed by atoms with E-state index in [0.717, 1.165) is 27.9 Å². The Bertz CT molecular complexity index is 1310. The molecule has 5 rings (SSSR count). The van der Waals surface area contributed by atoms with Gasteiger partial charge in [0.05, 0.1) is 23.7 Å². The number of nitrogens with zero attached hydrogens (tertiary/aromatic N) is 3. The molecule has 2 aliphatic rings. The molecule has 2 aromatic carbocycles. The number of ether oxygens (including phenoxy) is 1. The van der Waals surface area contributed by atoms with E-state index in [9.17, 15) is 33.6 Å². The topological polar surface area (TPSA) is 121 Å². The van der Waals surface area contributed by atoms with E-state index in [2.05, 4.69) is 17.2 Å². The van der Waals surface area contributed by atoms with Gasteiger partial charge in [0.1, 0.15) is 35.5 Å². The van der Waals surface area contributed by atoms with E-state index in [1.165, 1.54) is 18.0 Å². The van der Waals surface area contributed by atoms with Crippen molar-refractivity contribution in [1.29, 1.82) is 0 Å². The first kappa shape index (κ1) is 28.1. The van der Waals surface area contributed by atoms with Gasteiger partial charge in [-0.25, -0.2) is 17.9 Å². The summed E-state index contributed by atoms with van der Waals surface area (Å²) in [6.45, 7) is 3.43. The van der Waals surface area contributed by atoms with E-state index in [4.69, 9.17) is 4.74 Å². The first-order chi connectivity index (χ1) is 18.5. The van der Waals surface area contributed by atoms with Crippen LogP contribution in [0.3, 0.4) is 0 Å². The summed E-state index contributed by atoms with van der Waals surface area (Å²) in [5.41, 5.74) is -0.286. The third-order valence-electron chi connectivity index (χ3n) is 7.58. The predicted octanol–water partition coefficient (Wildman–Crippen LogP) is 3.29. The monoisotopic (exact) mass is 565 g/mol. The second-order valence-electron chi connectivity index (χ2n) is 10.5. The molecule has 1 saturated heterocycles. The lowest BCUT2D eigenvalue weighted by atomic mass is 9.68. The van der Waals surface area contributed by atoms with Gasteiger partial charge >= 0.3 is 0 Å². The fraction of sp³-hybridized carbons (Fsp3) is 0.481. The van der Waals surface area contributed by atoms with Crippen molar-refractivity contribution in [3.8, 4) is 11.3 Å². The number of thioether (sulfide) groups is 1. The minimum Gasteiger partial charge on any atom is -0.394 e. The Morgan fingerprint density at radius 3 is 2.41 bits per heavy atom. The van der Waals surface area contributed by atoms with Crippen molar-refractivity contribution in [2.24, 2.45) is 5.92 Å². The first-order valence-corrected chi connectivity index (χ1v) is 13.6. The molecule has 1 aliphatic heterocycles. The van der Waals surface area contributed by atoms with Crippen LogP contribution in [0.5, 0.6) is 0 Å². The van der Waals surface area contributed by atoms with E-state index in [1.807, 2.05) is 31.2 Å². The summed E-state index contributed by atoms with van der Waals surface area (Å²) in [6, 6.07) is 8.02. The maximum Gasteiger partial charge on any atom is 0.194 e. The van der Waals surface area contributed by atoms with Crippen molar-refractivity contribution < 1.29 is 38.3 Å². The minimum absolute atomic E-state index is 0.0148. The van der Waals surface area contributed by atoms with Gasteiger partial charge in [0, 0.05) is 5.56 Å². The molecule has 0 spiro atoms. The quantitative estimate of drug-likeness (QED) is 0.322. The largest absolute Gasteiger partial charge is 0.394 e. The van der Waals surface area contributed by atoms with Crippen LogP contribution in [0, 0.1) is 30.3 Å². The average molecular weight is 566 g/mol. The number of hydrogen-bond donors (Lipinski definition) is 4. The van der Waals surface area contributed by atoms with Gasteiger partial charge in [0.15, 0.2) is 17.5 Å². The van der Waals surface area contributed by atoms with Crippen LogP contribution in [0.4, 0.5) is 13.2 Å². The maximum absolute atomic E-state index is 13.8. The Kier molecular flexibility index (Phi) is 7.79. The Labute approximate surface area is 227 Å². The molecule has 0 bridgehead atoms. The molecule has 2 fully saturated rings. The number of rotatable bonds is 7. The molecule has 39 heavy (non-hydrogen) atoms. The van der Waals surface area contributed by atoms with Gasteiger partial charge in [-0.1, -0.05) is 36.4 Å². The zero-order valence-corrected chi connectivity index (χ0v) is 22.1. The fourth-order valence-electron chi connectivity index (χ4n) is 5.62. The van der Waals surface area contributed by atoms with E-state index in [1.54, 1.807) is 0 Å². The van der Waals surface area contributed by atoms with E-state index in [0.29, 0.717) is 18.8 Å². The summed E-state index contributed by atoms with van der Waals surface area (Å²) in [5, 5.41) is 51.2. The van der Waals surface area contributed by atoms with Crippen molar-refractivity contribution in [2.45, 2.75) is 67.3 Å². The van der Waals surface area contributed by atoms with Gasteiger partial charge < -0.3 is 25.2 Å². The highest BCUT2D eigenvalue weighted by Crippen LogP contribution is 2.55. The summed E-state index contributed by atoms with van der Waals surface area (Å²) < 4.78 is 48.1. The molecule has 4 N–H and O–H groups in total. The van der Waals surface area contributed by atoms with Crippen molar-refractivity contribution in [2.75, 3.05) is 6.61 Å². The molecule has 0 amide bonds. The lowest BCUT2D eigenvalue weighted by Gasteiger charge is -2.50. The maximum atomic E-state index is 13.8. The molecule has 3 aromatic rings. The fourth-order valence-corrected chi connectivity index (χ4v) is 7.27. The van der Waals surface area contributed by atoms with Gasteiger partial charge in [-0.3, -0.25) is 0 Å². The highest BCUT2D eigenvalue weighted by atomic mass is 32.2. The Balaban J connectivity index is 1.46. The molecule has 1 saturated carbocycles. The summed E-state index contributed by atoms with van der Waals surface area (Å²) in [4.78, 5) is 0. The Morgan fingerprint density at radius 1 is 1.13 bits per heavy atom. The molecular weight excluding hydrogens is 535 g/mol. The Morgan fingerprint density at radius 2 is 1.79 bits per heavy atom. The average Bonchev–Trinajstić information content (AvgIpc) is 3.36. The predicted molar refractivity (Wildman–Crippen MR) is 137 cm³/mol. The zero-order valence-electron chi connectivity index (χ0n) is 21.3. The highest BCUT2D eigenvalue weighted by molar-refractivity contribution is 8.00.